The Labute approximate surface area is 158 Å². The maximum Gasteiger partial charge on any atom is 0.119 e. The van der Waals surface area contributed by atoms with E-state index in [1.54, 1.807) is 0 Å². The fourth-order valence-corrected chi connectivity index (χ4v) is 3.98. The van der Waals surface area contributed by atoms with Gasteiger partial charge in [-0.2, -0.15) is 0 Å². The topological polar surface area (TPSA) is 53.8 Å². The number of ether oxygens (including phenoxy) is 1. The molecule has 1 atom stereocenters. The minimum atomic E-state index is 0.357. The number of likely N-dealkylation sites (N-methyl/N-ethyl adjacent to an activating group) is 1. The molecule has 6 nitrogen and oxygen atoms in total. The van der Waals surface area contributed by atoms with Crippen LogP contribution in [0.25, 0.3) is 0 Å². The highest BCUT2D eigenvalue weighted by Crippen LogP contribution is 2.29. The van der Waals surface area contributed by atoms with Gasteiger partial charge in [0.15, 0.2) is 0 Å². The van der Waals surface area contributed by atoms with E-state index in [0.29, 0.717) is 6.10 Å². The van der Waals surface area contributed by atoms with Gasteiger partial charge in [-0.3, -0.25) is 4.90 Å². The number of nitrogens with two attached hydrogens (primary N) is 1. The molecule has 2 aliphatic rings. The van der Waals surface area contributed by atoms with Gasteiger partial charge in [-0.25, -0.2) is 0 Å². The lowest BCUT2D eigenvalue weighted by Crippen LogP contribution is -2.52. The fourth-order valence-electron chi connectivity index (χ4n) is 3.98. The monoisotopic (exact) mass is 362 g/mol. The van der Waals surface area contributed by atoms with Gasteiger partial charge in [-0.05, 0) is 24.1 Å². The second-order valence-electron chi connectivity index (χ2n) is 8.64. The summed E-state index contributed by atoms with van der Waals surface area (Å²) in [4.78, 5) is 4.98. The van der Waals surface area contributed by atoms with Gasteiger partial charge in [0.05, 0.1) is 27.7 Å². The number of fused-ring (bicyclic) bond motifs is 1. The second-order valence-corrected chi connectivity index (χ2v) is 8.64. The highest BCUT2D eigenvalue weighted by atomic mass is 16.5. The van der Waals surface area contributed by atoms with E-state index in [1.165, 1.54) is 11.3 Å². The van der Waals surface area contributed by atoms with Crippen molar-refractivity contribution in [1.82, 2.24) is 10.2 Å². The number of quaternary nitrogens is 1. The number of hydrogen-bond acceptors (Lipinski definition) is 5. The van der Waals surface area contributed by atoms with Crippen LogP contribution in [0.3, 0.4) is 0 Å². The first-order chi connectivity index (χ1) is 12.4. The van der Waals surface area contributed by atoms with Crippen LogP contribution in [0.2, 0.25) is 0 Å². The van der Waals surface area contributed by atoms with Crippen molar-refractivity contribution in [2.75, 3.05) is 90.7 Å². The van der Waals surface area contributed by atoms with E-state index >= 15 is 0 Å². The predicted octanol–water partition coefficient (Wildman–Crippen LogP) is 0.628. The van der Waals surface area contributed by atoms with Crippen LogP contribution in [0.1, 0.15) is 5.56 Å². The lowest BCUT2D eigenvalue weighted by molar-refractivity contribution is -0.873. The fraction of sp³-hybridized carbons (Fsp3) is 0.700. The summed E-state index contributed by atoms with van der Waals surface area (Å²) in [6.07, 6.45) is 1.49. The highest BCUT2D eigenvalue weighted by molar-refractivity contribution is 5.64. The predicted molar refractivity (Wildman–Crippen MR) is 109 cm³/mol. The molecule has 146 valence electrons. The number of nitrogen functional groups attached to an aromatic ring is 1. The van der Waals surface area contributed by atoms with Crippen LogP contribution in [0.5, 0.6) is 0 Å². The molecule has 1 saturated heterocycles. The first-order valence-corrected chi connectivity index (χ1v) is 9.89. The highest BCUT2D eigenvalue weighted by Gasteiger charge is 2.25. The molecule has 2 aliphatic heterocycles. The standard InChI is InChI=1S/C20H36N5O/c1-25(2,3)16-19-15-23(12-13-26-19)10-7-22-8-11-24-9-6-17-4-5-18(21)14-20(17)24/h4-5,14,19,22H,6-13,15-16,21H2,1-3H3/q+1. The third-order valence-corrected chi connectivity index (χ3v) is 5.24. The van der Waals surface area contributed by atoms with Gasteiger partial charge in [0.1, 0.15) is 12.6 Å². The van der Waals surface area contributed by atoms with E-state index in [2.05, 4.69) is 48.4 Å². The molecular weight excluding hydrogens is 326 g/mol. The van der Waals surface area contributed by atoms with Gasteiger partial charge < -0.3 is 25.2 Å². The summed E-state index contributed by atoms with van der Waals surface area (Å²) in [7, 11) is 6.69. The Morgan fingerprint density at radius 1 is 1.19 bits per heavy atom. The minimum absolute atomic E-state index is 0.357. The molecule has 0 amide bonds. The summed E-state index contributed by atoms with van der Waals surface area (Å²) in [5, 5.41) is 3.61. The summed E-state index contributed by atoms with van der Waals surface area (Å²) in [6, 6.07) is 6.29. The van der Waals surface area contributed by atoms with Crippen LogP contribution >= 0.6 is 0 Å². The minimum Gasteiger partial charge on any atom is -0.399 e. The van der Waals surface area contributed by atoms with Gasteiger partial charge in [0, 0.05) is 57.2 Å². The summed E-state index contributed by atoms with van der Waals surface area (Å²) in [5.74, 6) is 0. The van der Waals surface area contributed by atoms with Crippen LogP contribution in [0.15, 0.2) is 18.2 Å². The second kappa shape index (κ2) is 8.57. The van der Waals surface area contributed by atoms with Gasteiger partial charge in [-0.1, -0.05) is 6.07 Å². The molecule has 1 unspecified atom stereocenters. The van der Waals surface area contributed by atoms with E-state index in [0.717, 1.165) is 75.6 Å². The quantitative estimate of drug-likeness (QED) is 0.404. The zero-order valence-electron chi connectivity index (χ0n) is 16.7. The molecule has 3 rings (SSSR count). The molecule has 1 aromatic carbocycles. The summed E-state index contributed by atoms with van der Waals surface area (Å²) < 4.78 is 6.88. The van der Waals surface area contributed by atoms with E-state index in [4.69, 9.17) is 10.5 Å². The number of nitrogens with one attached hydrogen (secondary N) is 1. The third kappa shape index (κ3) is 5.58. The number of rotatable bonds is 8. The van der Waals surface area contributed by atoms with Gasteiger partial charge in [0.2, 0.25) is 0 Å². The van der Waals surface area contributed by atoms with Gasteiger partial charge >= 0.3 is 0 Å². The zero-order chi connectivity index (χ0) is 18.6. The van der Waals surface area contributed by atoms with Crippen molar-refractivity contribution >= 4 is 11.4 Å². The van der Waals surface area contributed by atoms with Gasteiger partial charge in [0.25, 0.3) is 0 Å². The Hall–Kier alpha value is -1.34. The van der Waals surface area contributed by atoms with Crippen LogP contribution < -0.4 is 16.0 Å². The first kappa shape index (κ1) is 19.4. The van der Waals surface area contributed by atoms with Crippen LogP contribution in [-0.4, -0.2) is 95.6 Å². The lowest BCUT2D eigenvalue weighted by Gasteiger charge is -2.36. The van der Waals surface area contributed by atoms with E-state index in [1.807, 2.05) is 6.07 Å². The molecule has 0 spiro atoms. The van der Waals surface area contributed by atoms with Crippen molar-refractivity contribution in [2.45, 2.75) is 12.5 Å². The van der Waals surface area contributed by atoms with E-state index < -0.39 is 0 Å². The third-order valence-electron chi connectivity index (χ3n) is 5.24. The Morgan fingerprint density at radius 3 is 2.81 bits per heavy atom. The maximum absolute atomic E-state index is 5.94. The molecule has 0 radical (unpaired) electrons. The Bertz CT molecular complexity index is 586. The number of nitrogens with zero attached hydrogens (tertiary/aromatic N) is 3. The number of hydrogen-bond donors (Lipinski definition) is 2. The Morgan fingerprint density at radius 2 is 2.00 bits per heavy atom. The zero-order valence-corrected chi connectivity index (χ0v) is 16.7. The maximum atomic E-state index is 5.94. The van der Waals surface area contributed by atoms with Crippen molar-refractivity contribution in [3.05, 3.63) is 23.8 Å². The number of anilines is 2. The average molecular weight is 363 g/mol. The van der Waals surface area contributed by atoms with Crippen molar-refractivity contribution in [3.63, 3.8) is 0 Å². The SMILES string of the molecule is C[N+](C)(C)CC1CN(CCNCCN2CCc3ccc(N)cc32)CCO1. The van der Waals surface area contributed by atoms with Crippen molar-refractivity contribution < 1.29 is 9.22 Å². The molecule has 0 bridgehead atoms. The van der Waals surface area contributed by atoms with Crippen LogP contribution in [0, 0.1) is 0 Å². The van der Waals surface area contributed by atoms with Crippen molar-refractivity contribution in [1.29, 1.82) is 0 Å². The molecule has 0 aromatic heterocycles. The number of benzene rings is 1. The summed E-state index contributed by atoms with van der Waals surface area (Å²) >= 11 is 0. The van der Waals surface area contributed by atoms with Crippen LogP contribution in [0.4, 0.5) is 11.4 Å². The molecule has 6 heteroatoms. The normalized spacial score (nSPS) is 21.2. The largest absolute Gasteiger partial charge is 0.399 e. The Kier molecular flexibility index (Phi) is 6.40. The van der Waals surface area contributed by atoms with Crippen LogP contribution in [-0.2, 0) is 11.2 Å². The molecule has 0 aliphatic carbocycles. The average Bonchev–Trinajstić information content (AvgIpc) is 2.95. The summed E-state index contributed by atoms with van der Waals surface area (Å²) in [6.45, 7) is 9.33. The summed E-state index contributed by atoms with van der Waals surface area (Å²) in [5.41, 5.74) is 9.55. The smallest absolute Gasteiger partial charge is 0.119 e. The Balaban J connectivity index is 1.33. The molecule has 1 aromatic rings. The molecule has 26 heavy (non-hydrogen) atoms. The molecule has 0 saturated carbocycles. The van der Waals surface area contributed by atoms with E-state index in [9.17, 15) is 0 Å². The van der Waals surface area contributed by atoms with Crippen molar-refractivity contribution in [2.24, 2.45) is 0 Å². The van der Waals surface area contributed by atoms with Crippen molar-refractivity contribution in [3.8, 4) is 0 Å². The first-order valence-electron chi connectivity index (χ1n) is 9.89. The molecule has 1 fully saturated rings. The molecule has 2 heterocycles. The molecular formula is C20H36N5O+. The lowest BCUT2D eigenvalue weighted by atomic mass is 10.1. The van der Waals surface area contributed by atoms with Gasteiger partial charge in [-0.15, -0.1) is 0 Å². The number of morpholine rings is 1. The van der Waals surface area contributed by atoms with E-state index in [-0.39, 0.29) is 0 Å². The molecule has 3 N–H and O–H groups in total.